The van der Waals surface area contributed by atoms with Crippen molar-refractivity contribution in [3.63, 3.8) is 0 Å². The Morgan fingerprint density at radius 1 is 1.29 bits per heavy atom. The number of rotatable bonds is 5. The summed E-state index contributed by atoms with van der Waals surface area (Å²) in [5.41, 5.74) is 0. The van der Waals surface area contributed by atoms with Crippen LogP contribution in [0.4, 0.5) is 0 Å². The van der Waals surface area contributed by atoms with Crippen molar-refractivity contribution in [2.24, 2.45) is 11.8 Å². The summed E-state index contributed by atoms with van der Waals surface area (Å²) in [6.07, 6.45) is 8.83. The van der Waals surface area contributed by atoms with E-state index in [-0.39, 0.29) is 12.5 Å². The lowest BCUT2D eigenvalue weighted by atomic mass is 9.89. The van der Waals surface area contributed by atoms with Crippen LogP contribution in [0.25, 0.3) is 0 Å². The molecule has 96 valence electrons. The molecule has 2 N–H and O–H groups in total. The Labute approximate surface area is 105 Å². The van der Waals surface area contributed by atoms with Crippen LogP contribution in [-0.4, -0.2) is 22.9 Å². The van der Waals surface area contributed by atoms with Gasteiger partial charge in [0.2, 0.25) is 0 Å². The first-order valence-corrected chi connectivity index (χ1v) is 6.67. The van der Waals surface area contributed by atoms with Crippen LogP contribution in [0.5, 0.6) is 0 Å². The molecule has 0 saturated heterocycles. The van der Waals surface area contributed by atoms with Gasteiger partial charge < -0.3 is 10.2 Å². The van der Waals surface area contributed by atoms with Crippen molar-refractivity contribution in [3.8, 4) is 11.8 Å². The Morgan fingerprint density at radius 2 is 2.00 bits per heavy atom. The number of aliphatic hydroxyl groups excluding tert-OH is 2. The van der Waals surface area contributed by atoms with Crippen LogP contribution in [0.15, 0.2) is 12.7 Å². The van der Waals surface area contributed by atoms with Crippen molar-refractivity contribution in [2.45, 2.75) is 51.0 Å². The Bertz CT molecular complexity index is 268. The van der Waals surface area contributed by atoms with E-state index >= 15 is 0 Å². The fourth-order valence-electron chi connectivity index (χ4n) is 2.28. The van der Waals surface area contributed by atoms with Gasteiger partial charge in [-0.15, -0.1) is 12.5 Å². The van der Waals surface area contributed by atoms with Gasteiger partial charge in [0.05, 0.1) is 6.10 Å². The Kier molecular flexibility index (Phi) is 7.00. The molecule has 1 aliphatic carbocycles. The minimum atomic E-state index is -0.614. The second-order valence-electron chi connectivity index (χ2n) is 4.86. The highest BCUT2D eigenvalue weighted by atomic mass is 16.3. The molecule has 1 fully saturated rings. The van der Waals surface area contributed by atoms with E-state index in [1.807, 2.05) is 0 Å². The lowest BCUT2D eigenvalue weighted by Gasteiger charge is -2.17. The summed E-state index contributed by atoms with van der Waals surface area (Å²) in [6, 6.07) is 0. The van der Waals surface area contributed by atoms with E-state index in [0.717, 1.165) is 12.8 Å². The third-order valence-corrected chi connectivity index (χ3v) is 3.51. The van der Waals surface area contributed by atoms with Crippen LogP contribution >= 0.6 is 0 Å². The Balaban J connectivity index is 2.25. The second kappa shape index (κ2) is 8.33. The molecule has 2 unspecified atom stereocenters. The smallest absolute Gasteiger partial charge is 0.0768 e. The van der Waals surface area contributed by atoms with E-state index in [0.29, 0.717) is 5.92 Å². The van der Waals surface area contributed by atoms with Gasteiger partial charge in [0.25, 0.3) is 0 Å². The zero-order valence-electron chi connectivity index (χ0n) is 10.6. The zero-order chi connectivity index (χ0) is 12.5. The summed E-state index contributed by atoms with van der Waals surface area (Å²) in [7, 11) is 0. The highest BCUT2D eigenvalue weighted by molar-refractivity contribution is 5.04. The monoisotopic (exact) mass is 236 g/mol. The average molecular weight is 236 g/mol. The quantitative estimate of drug-likeness (QED) is 0.569. The van der Waals surface area contributed by atoms with Crippen molar-refractivity contribution >= 4 is 0 Å². The molecule has 2 heteroatoms. The molecular formula is C15H24O2. The molecule has 0 aromatic rings. The Morgan fingerprint density at radius 3 is 2.59 bits per heavy atom. The summed E-state index contributed by atoms with van der Waals surface area (Å²) < 4.78 is 0. The van der Waals surface area contributed by atoms with Crippen molar-refractivity contribution < 1.29 is 10.2 Å². The summed E-state index contributed by atoms with van der Waals surface area (Å²) in [6.45, 7) is 3.53. The van der Waals surface area contributed by atoms with E-state index < -0.39 is 6.10 Å². The molecule has 1 rings (SSSR count). The maximum absolute atomic E-state index is 9.54. The van der Waals surface area contributed by atoms with Crippen LogP contribution in [0, 0.1) is 23.7 Å². The van der Waals surface area contributed by atoms with Crippen molar-refractivity contribution in [3.05, 3.63) is 12.7 Å². The number of hydrogen-bond acceptors (Lipinski definition) is 2. The van der Waals surface area contributed by atoms with Gasteiger partial charge in [0.1, 0.15) is 0 Å². The molecule has 0 aromatic carbocycles. The zero-order valence-corrected chi connectivity index (χ0v) is 10.6. The van der Waals surface area contributed by atoms with Gasteiger partial charge in [0.15, 0.2) is 0 Å². The number of aliphatic hydroxyl groups is 2. The van der Waals surface area contributed by atoms with Gasteiger partial charge in [-0.2, -0.15) is 0 Å². The van der Waals surface area contributed by atoms with Crippen LogP contribution in [0.3, 0.4) is 0 Å². The third kappa shape index (κ3) is 5.39. The highest BCUT2D eigenvalue weighted by Gasteiger charge is 2.14. The van der Waals surface area contributed by atoms with Crippen LogP contribution < -0.4 is 0 Å². The van der Waals surface area contributed by atoms with Crippen LogP contribution in [-0.2, 0) is 0 Å². The first kappa shape index (κ1) is 14.3. The van der Waals surface area contributed by atoms with Crippen molar-refractivity contribution in [1.82, 2.24) is 0 Å². The third-order valence-electron chi connectivity index (χ3n) is 3.51. The molecule has 0 aromatic heterocycles. The van der Waals surface area contributed by atoms with E-state index in [4.69, 9.17) is 5.11 Å². The topological polar surface area (TPSA) is 40.5 Å². The lowest BCUT2D eigenvalue weighted by molar-refractivity contribution is 0.0962. The largest absolute Gasteiger partial charge is 0.396 e. The molecular weight excluding hydrogens is 212 g/mol. The normalized spacial score (nSPS) is 20.1. The summed E-state index contributed by atoms with van der Waals surface area (Å²) in [5, 5.41) is 18.7. The molecule has 0 aliphatic heterocycles. The van der Waals surface area contributed by atoms with E-state index in [1.54, 1.807) is 0 Å². The maximum atomic E-state index is 9.54. The SMILES string of the molecule is C=CC(O)C(CO)CCC#CC1CCCCC1. The molecule has 0 heterocycles. The molecule has 0 spiro atoms. The molecule has 0 bridgehead atoms. The average Bonchev–Trinajstić information content (AvgIpc) is 2.39. The van der Waals surface area contributed by atoms with E-state index in [2.05, 4.69) is 18.4 Å². The van der Waals surface area contributed by atoms with Gasteiger partial charge in [0, 0.05) is 24.9 Å². The number of hydrogen-bond donors (Lipinski definition) is 2. The minimum Gasteiger partial charge on any atom is -0.396 e. The van der Waals surface area contributed by atoms with Crippen LogP contribution in [0.2, 0.25) is 0 Å². The first-order valence-electron chi connectivity index (χ1n) is 6.67. The maximum Gasteiger partial charge on any atom is 0.0768 e. The minimum absolute atomic E-state index is 0.00169. The molecule has 17 heavy (non-hydrogen) atoms. The highest BCUT2D eigenvalue weighted by Crippen LogP contribution is 2.22. The van der Waals surface area contributed by atoms with Gasteiger partial charge in [-0.25, -0.2) is 0 Å². The van der Waals surface area contributed by atoms with E-state index in [9.17, 15) is 5.11 Å². The first-order chi connectivity index (χ1) is 8.27. The van der Waals surface area contributed by atoms with Crippen molar-refractivity contribution in [1.29, 1.82) is 0 Å². The predicted octanol–water partition coefficient (Wildman–Crippen LogP) is 2.51. The molecule has 1 aliphatic rings. The van der Waals surface area contributed by atoms with Crippen molar-refractivity contribution in [2.75, 3.05) is 6.61 Å². The van der Waals surface area contributed by atoms with Crippen LogP contribution in [0.1, 0.15) is 44.9 Å². The standard InChI is InChI=1S/C15H24O2/c1-2-15(17)14(12-16)11-7-6-10-13-8-4-3-5-9-13/h2,13-17H,1,3-5,7-9,11-12H2. The second-order valence-corrected chi connectivity index (χ2v) is 4.86. The molecule has 1 saturated carbocycles. The predicted molar refractivity (Wildman–Crippen MR) is 70.4 cm³/mol. The van der Waals surface area contributed by atoms with E-state index in [1.165, 1.54) is 38.2 Å². The lowest BCUT2D eigenvalue weighted by Crippen LogP contribution is -2.21. The molecule has 2 atom stereocenters. The summed E-state index contributed by atoms with van der Waals surface area (Å²) in [5.74, 6) is 6.98. The van der Waals surface area contributed by atoms with Gasteiger partial charge in [-0.1, -0.05) is 31.3 Å². The molecule has 0 amide bonds. The molecule has 0 radical (unpaired) electrons. The Hall–Kier alpha value is -0.780. The fourth-order valence-corrected chi connectivity index (χ4v) is 2.28. The van der Waals surface area contributed by atoms with Gasteiger partial charge >= 0.3 is 0 Å². The van der Waals surface area contributed by atoms with Gasteiger partial charge in [-0.3, -0.25) is 0 Å². The summed E-state index contributed by atoms with van der Waals surface area (Å²) in [4.78, 5) is 0. The molecule has 2 nitrogen and oxygen atoms in total. The fraction of sp³-hybridized carbons (Fsp3) is 0.733. The summed E-state index contributed by atoms with van der Waals surface area (Å²) >= 11 is 0. The van der Waals surface area contributed by atoms with Gasteiger partial charge in [-0.05, 0) is 19.3 Å².